The second-order valence-electron chi connectivity index (χ2n) is 15.0. The van der Waals surface area contributed by atoms with Crippen LogP contribution in [0.4, 0.5) is 0 Å². The third kappa shape index (κ3) is 5.90. The Labute approximate surface area is 333 Å². The molecule has 0 bridgehead atoms. The van der Waals surface area contributed by atoms with Gasteiger partial charge in [-0.2, -0.15) is 0 Å². The lowest BCUT2D eigenvalue weighted by Gasteiger charge is -2.54. The standard InChI is InChI=1S/C54H44Si2/c1-41-37-53-51(39-45(41)35-33-43-21-9-3-10-22-43)52-40-46(36-34-44-23-11-4-12-24-44)42(2)38-54(52)56(49-29-17-7-18-30-49,50-31-19-8-20-32-50)55(53,47-25-13-5-14-26-47)48-27-15-6-16-28-48/h3-40H,1-2H3. The summed E-state index contributed by atoms with van der Waals surface area (Å²) in [4.78, 5) is 0. The Morgan fingerprint density at radius 1 is 0.304 bits per heavy atom. The predicted molar refractivity (Wildman–Crippen MR) is 247 cm³/mol. The number of benzene rings is 8. The van der Waals surface area contributed by atoms with Crippen LogP contribution in [0.2, 0.25) is 0 Å². The minimum Gasteiger partial charge on any atom is -0.0624 e. The summed E-state index contributed by atoms with van der Waals surface area (Å²) in [6.45, 7) is 4.63. The van der Waals surface area contributed by atoms with Crippen LogP contribution < -0.4 is 31.1 Å². The monoisotopic (exact) mass is 748 g/mol. The Morgan fingerprint density at radius 2 is 0.571 bits per heavy atom. The summed E-state index contributed by atoms with van der Waals surface area (Å²) in [6, 6.07) is 78.0. The normalized spacial score (nSPS) is 14.0. The molecule has 0 saturated carbocycles. The molecule has 0 nitrogen and oxygen atoms in total. The number of hydrogen-bond acceptors (Lipinski definition) is 0. The molecule has 8 aromatic carbocycles. The molecule has 0 fully saturated rings. The molecule has 0 atom stereocenters. The molecule has 0 amide bonds. The van der Waals surface area contributed by atoms with Crippen molar-refractivity contribution in [3.8, 4) is 11.1 Å². The van der Waals surface area contributed by atoms with E-state index in [0.717, 1.165) is 0 Å². The Balaban J connectivity index is 1.48. The molecule has 8 aromatic rings. The Hall–Kier alpha value is -6.33. The van der Waals surface area contributed by atoms with Gasteiger partial charge in [0.25, 0.3) is 0 Å². The van der Waals surface area contributed by atoms with E-state index in [1.807, 2.05) is 0 Å². The van der Waals surface area contributed by atoms with Crippen molar-refractivity contribution >= 4 is 70.6 Å². The molecule has 0 saturated heterocycles. The summed E-state index contributed by atoms with van der Waals surface area (Å²) in [5, 5.41) is 8.81. The third-order valence-electron chi connectivity index (χ3n) is 11.8. The van der Waals surface area contributed by atoms with Crippen molar-refractivity contribution < 1.29 is 0 Å². The zero-order chi connectivity index (χ0) is 38.0. The van der Waals surface area contributed by atoms with Crippen molar-refractivity contribution in [1.82, 2.24) is 0 Å². The second kappa shape index (κ2) is 15.1. The van der Waals surface area contributed by atoms with Crippen LogP contribution in [0.5, 0.6) is 0 Å². The van der Waals surface area contributed by atoms with E-state index < -0.39 is 15.2 Å². The van der Waals surface area contributed by atoms with E-state index in [1.54, 1.807) is 0 Å². The third-order valence-corrected chi connectivity index (χ3v) is 28.6. The first-order valence-corrected chi connectivity index (χ1v) is 24.6. The minimum atomic E-state index is -3.02. The molecule has 0 unspecified atom stereocenters. The van der Waals surface area contributed by atoms with Crippen molar-refractivity contribution in [3.05, 3.63) is 240 Å². The van der Waals surface area contributed by atoms with Crippen LogP contribution in [0, 0.1) is 13.8 Å². The molecule has 1 heterocycles. The van der Waals surface area contributed by atoms with Gasteiger partial charge in [-0.05, 0) is 80.9 Å². The van der Waals surface area contributed by atoms with Gasteiger partial charge in [-0.1, -0.05) is 239 Å². The highest BCUT2D eigenvalue weighted by atomic mass is 29.3. The molecule has 2 heteroatoms. The molecule has 1 aliphatic rings. The van der Waals surface area contributed by atoms with Gasteiger partial charge in [0.1, 0.15) is 0 Å². The molecule has 268 valence electrons. The number of hydrogen-bond donors (Lipinski definition) is 0. The highest BCUT2D eigenvalue weighted by Crippen LogP contribution is 2.36. The van der Waals surface area contributed by atoms with Gasteiger partial charge >= 0.3 is 0 Å². The highest BCUT2D eigenvalue weighted by Gasteiger charge is 2.64. The molecular formula is C54H44Si2. The fourth-order valence-electron chi connectivity index (χ4n) is 9.35. The molecular weight excluding hydrogens is 705 g/mol. The summed E-state index contributed by atoms with van der Waals surface area (Å²) in [5.41, 5.74) is 10.2. The molecule has 0 aliphatic carbocycles. The van der Waals surface area contributed by atoms with E-state index in [-0.39, 0.29) is 0 Å². The van der Waals surface area contributed by atoms with Crippen molar-refractivity contribution in [2.24, 2.45) is 0 Å². The number of fused-ring (bicyclic) bond motifs is 3. The first-order valence-electron chi connectivity index (χ1n) is 19.6. The summed E-state index contributed by atoms with van der Waals surface area (Å²) in [5.74, 6) is 0. The lowest BCUT2D eigenvalue weighted by Crippen LogP contribution is -2.95. The maximum Gasteiger partial charge on any atom is 0.155 e. The second-order valence-corrected chi connectivity index (χ2v) is 25.8. The van der Waals surface area contributed by atoms with E-state index in [1.165, 1.54) is 75.6 Å². The van der Waals surface area contributed by atoms with E-state index in [9.17, 15) is 0 Å². The van der Waals surface area contributed by atoms with Gasteiger partial charge in [0.05, 0.1) is 0 Å². The van der Waals surface area contributed by atoms with E-state index in [2.05, 4.69) is 244 Å². The maximum absolute atomic E-state index is 3.02. The van der Waals surface area contributed by atoms with Crippen LogP contribution in [0.1, 0.15) is 33.4 Å². The summed E-state index contributed by atoms with van der Waals surface area (Å²) >= 11 is 0. The Kier molecular flexibility index (Phi) is 9.52. The van der Waals surface area contributed by atoms with Gasteiger partial charge in [0, 0.05) is 0 Å². The molecule has 56 heavy (non-hydrogen) atoms. The fourth-order valence-corrected chi connectivity index (χ4v) is 29.5. The molecule has 0 aromatic heterocycles. The SMILES string of the molecule is Cc1cc2c(cc1C=Cc1ccccc1)-c1cc(C=Cc3ccccc3)c(C)cc1[Si](c1ccccc1)(c1ccccc1)[Si]2(c1ccccc1)c1ccccc1. The zero-order valence-electron chi connectivity index (χ0n) is 31.9. The van der Waals surface area contributed by atoms with Gasteiger partial charge in [-0.3, -0.25) is 0 Å². The van der Waals surface area contributed by atoms with Gasteiger partial charge < -0.3 is 0 Å². The van der Waals surface area contributed by atoms with E-state index in [4.69, 9.17) is 0 Å². The van der Waals surface area contributed by atoms with Gasteiger partial charge in [0.2, 0.25) is 0 Å². The minimum absolute atomic E-state index is 1.20. The first-order chi connectivity index (χ1) is 27.6. The van der Waals surface area contributed by atoms with E-state index >= 15 is 0 Å². The molecule has 0 radical (unpaired) electrons. The van der Waals surface area contributed by atoms with Crippen LogP contribution in [0.3, 0.4) is 0 Å². The Morgan fingerprint density at radius 3 is 0.857 bits per heavy atom. The topological polar surface area (TPSA) is 0 Å². The highest BCUT2D eigenvalue weighted by molar-refractivity contribution is 7.68. The zero-order valence-corrected chi connectivity index (χ0v) is 33.9. The van der Waals surface area contributed by atoms with Crippen LogP contribution in [-0.2, 0) is 0 Å². The van der Waals surface area contributed by atoms with Gasteiger partial charge in [0.15, 0.2) is 15.2 Å². The lowest BCUT2D eigenvalue weighted by molar-refractivity contribution is 1.43. The van der Waals surface area contributed by atoms with Crippen molar-refractivity contribution in [2.75, 3.05) is 0 Å². The summed E-state index contributed by atoms with van der Waals surface area (Å²) in [6.07, 6.45) is 9.15. The van der Waals surface area contributed by atoms with Crippen LogP contribution in [-0.4, -0.2) is 15.2 Å². The van der Waals surface area contributed by atoms with Crippen LogP contribution in [0.15, 0.2) is 206 Å². The molecule has 0 spiro atoms. The Bertz CT molecular complexity index is 2400. The van der Waals surface area contributed by atoms with Gasteiger partial charge in [-0.25, -0.2) is 0 Å². The molecule has 0 N–H and O–H groups in total. The van der Waals surface area contributed by atoms with Crippen molar-refractivity contribution in [1.29, 1.82) is 0 Å². The smallest absolute Gasteiger partial charge is 0.0624 e. The van der Waals surface area contributed by atoms with Crippen LogP contribution in [0.25, 0.3) is 35.4 Å². The largest absolute Gasteiger partial charge is 0.155 e. The molecule has 1 aliphatic heterocycles. The lowest BCUT2D eigenvalue weighted by atomic mass is 9.95. The average Bonchev–Trinajstić information content (AvgIpc) is 3.26. The number of aryl methyl sites for hydroxylation is 2. The average molecular weight is 749 g/mol. The predicted octanol–water partition coefficient (Wildman–Crippen LogP) is 9.34. The summed E-state index contributed by atoms with van der Waals surface area (Å²) < 4.78 is 0. The maximum atomic E-state index is 2.60. The van der Waals surface area contributed by atoms with Crippen molar-refractivity contribution in [3.63, 3.8) is 0 Å². The van der Waals surface area contributed by atoms with Gasteiger partial charge in [-0.15, -0.1) is 0 Å². The fraction of sp³-hybridized carbons (Fsp3) is 0.0370. The number of rotatable bonds is 8. The first kappa shape index (κ1) is 35.4. The molecule has 9 rings (SSSR count). The van der Waals surface area contributed by atoms with Crippen LogP contribution >= 0.6 is 0 Å². The van der Waals surface area contributed by atoms with Crippen molar-refractivity contribution in [2.45, 2.75) is 13.8 Å². The van der Waals surface area contributed by atoms with E-state index in [0.29, 0.717) is 0 Å². The summed E-state index contributed by atoms with van der Waals surface area (Å²) in [7, 11) is -6.05. The quantitative estimate of drug-likeness (QED) is 0.107.